The summed E-state index contributed by atoms with van der Waals surface area (Å²) >= 11 is 6.28. The van der Waals surface area contributed by atoms with Crippen LogP contribution in [0.5, 0.6) is 0 Å². The number of carbonyl (C=O) groups excluding carboxylic acids is 1. The largest absolute Gasteiger partial charge is 0.444 e. The van der Waals surface area contributed by atoms with Crippen LogP contribution in [-0.2, 0) is 17.8 Å². The van der Waals surface area contributed by atoms with Crippen LogP contribution in [0.1, 0.15) is 31.9 Å². The van der Waals surface area contributed by atoms with E-state index in [2.05, 4.69) is 16.3 Å². The summed E-state index contributed by atoms with van der Waals surface area (Å²) in [5.74, 6) is 0. The predicted octanol–water partition coefficient (Wildman–Crippen LogP) is 4.47. The van der Waals surface area contributed by atoms with Crippen molar-refractivity contribution < 1.29 is 9.53 Å². The third-order valence-corrected chi connectivity index (χ3v) is 5.42. The molecule has 3 rings (SSSR count). The molecule has 1 amide bonds. The van der Waals surface area contributed by atoms with Gasteiger partial charge in [0, 0.05) is 61.2 Å². The first-order chi connectivity index (χ1) is 14.3. The molecule has 0 unspecified atom stereocenters. The maximum atomic E-state index is 12.3. The number of anilines is 2. The SMILES string of the molecule is CC(C)(C)OC(=O)N1CCN(c2cccc(NCc3ccccc3Cl)c2CN)CC1. The Morgan fingerprint density at radius 2 is 1.80 bits per heavy atom. The molecule has 30 heavy (non-hydrogen) atoms. The van der Waals surface area contributed by atoms with E-state index in [4.69, 9.17) is 22.1 Å². The van der Waals surface area contributed by atoms with Crippen molar-refractivity contribution in [2.45, 2.75) is 39.5 Å². The topological polar surface area (TPSA) is 70.8 Å². The highest BCUT2D eigenvalue weighted by Crippen LogP contribution is 2.29. The van der Waals surface area contributed by atoms with Gasteiger partial charge in [-0.2, -0.15) is 0 Å². The van der Waals surface area contributed by atoms with E-state index in [0.29, 0.717) is 26.2 Å². The van der Waals surface area contributed by atoms with Gasteiger partial charge in [-0.3, -0.25) is 0 Å². The average molecular weight is 431 g/mol. The van der Waals surface area contributed by atoms with Crippen molar-refractivity contribution in [2.24, 2.45) is 5.73 Å². The van der Waals surface area contributed by atoms with Crippen molar-refractivity contribution in [3.8, 4) is 0 Å². The number of hydrogen-bond acceptors (Lipinski definition) is 5. The lowest BCUT2D eigenvalue weighted by Gasteiger charge is -2.37. The van der Waals surface area contributed by atoms with Crippen molar-refractivity contribution in [1.82, 2.24) is 4.90 Å². The van der Waals surface area contributed by atoms with Crippen molar-refractivity contribution in [1.29, 1.82) is 0 Å². The zero-order valence-corrected chi connectivity index (χ0v) is 18.7. The van der Waals surface area contributed by atoms with Gasteiger partial charge in [0.1, 0.15) is 5.60 Å². The van der Waals surface area contributed by atoms with Gasteiger partial charge in [-0.1, -0.05) is 35.9 Å². The molecule has 7 heteroatoms. The monoisotopic (exact) mass is 430 g/mol. The molecule has 2 aromatic carbocycles. The second-order valence-corrected chi connectivity index (χ2v) is 8.81. The molecule has 3 N–H and O–H groups in total. The number of halogens is 1. The predicted molar refractivity (Wildman–Crippen MR) is 123 cm³/mol. The first-order valence-corrected chi connectivity index (χ1v) is 10.7. The number of carbonyl (C=O) groups is 1. The van der Waals surface area contributed by atoms with Crippen molar-refractivity contribution >= 4 is 29.1 Å². The summed E-state index contributed by atoms with van der Waals surface area (Å²) in [4.78, 5) is 16.4. The molecule has 1 aliphatic heterocycles. The van der Waals surface area contributed by atoms with Gasteiger partial charge in [-0.05, 0) is 44.5 Å². The maximum Gasteiger partial charge on any atom is 0.410 e. The fourth-order valence-electron chi connectivity index (χ4n) is 3.54. The Kier molecular flexibility index (Phi) is 7.10. The van der Waals surface area contributed by atoms with E-state index in [1.165, 1.54) is 0 Å². The second kappa shape index (κ2) is 9.58. The molecule has 162 valence electrons. The van der Waals surface area contributed by atoms with Crippen LogP contribution in [-0.4, -0.2) is 42.8 Å². The maximum absolute atomic E-state index is 12.3. The molecule has 0 bridgehead atoms. The van der Waals surface area contributed by atoms with Gasteiger partial charge in [-0.15, -0.1) is 0 Å². The lowest BCUT2D eigenvalue weighted by atomic mass is 10.1. The zero-order chi connectivity index (χ0) is 21.7. The molecule has 0 aliphatic carbocycles. The quantitative estimate of drug-likeness (QED) is 0.732. The van der Waals surface area contributed by atoms with Crippen LogP contribution in [0, 0.1) is 0 Å². The van der Waals surface area contributed by atoms with Gasteiger partial charge < -0.3 is 25.6 Å². The Morgan fingerprint density at radius 3 is 2.43 bits per heavy atom. The number of hydrogen-bond donors (Lipinski definition) is 2. The van der Waals surface area contributed by atoms with Crippen LogP contribution in [0.3, 0.4) is 0 Å². The molecule has 1 fully saturated rings. The van der Waals surface area contributed by atoms with E-state index in [1.807, 2.05) is 57.2 Å². The third-order valence-electron chi connectivity index (χ3n) is 5.05. The second-order valence-electron chi connectivity index (χ2n) is 8.41. The molecule has 0 saturated carbocycles. The highest BCUT2D eigenvalue weighted by molar-refractivity contribution is 6.31. The molecule has 0 spiro atoms. The standard InChI is InChI=1S/C23H31ClN4O2/c1-23(2,3)30-22(29)28-13-11-27(12-14-28)21-10-6-9-20(18(21)15-25)26-16-17-7-4-5-8-19(17)24/h4-10,26H,11-16,25H2,1-3H3. The Morgan fingerprint density at radius 1 is 1.10 bits per heavy atom. The minimum Gasteiger partial charge on any atom is -0.444 e. The summed E-state index contributed by atoms with van der Waals surface area (Å²) in [7, 11) is 0. The highest BCUT2D eigenvalue weighted by atomic mass is 35.5. The van der Waals surface area contributed by atoms with E-state index in [9.17, 15) is 4.79 Å². The highest BCUT2D eigenvalue weighted by Gasteiger charge is 2.26. The smallest absolute Gasteiger partial charge is 0.410 e. The van der Waals surface area contributed by atoms with Crippen molar-refractivity contribution in [3.63, 3.8) is 0 Å². The molecular formula is C23H31ClN4O2. The molecule has 0 aromatic heterocycles. The number of benzene rings is 2. The van der Waals surface area contributed by atoms with Crippen LogP contribution in [0.15, 0.2) is 42.5 Å². The number of amides is 1. The lowest BCUT2D eigenvalue weighted by molar-refractivity contribution is 0.0240. The molecule has 1 heterocycles. The molecule has 1 saturated heterocycles. The molecule has 0 atom stereocenters. The minimum absolute atomic E-state index is 0.253. The Balaban J connectivity index is 1.68. The van der Waals surface area contributed by atoms with Crippen molar-refractivity contribution in [2.75, 3.05) is 36.4 Å². The number of nitrogens with one attached hydrogen (secondary N) is 1. The number of ether oxygens (including phenoxy) is 1. The third kappa shape index (κ3) is 5.58. The van der Waals surface area contributed by atoms with Gasteiger partial charge >= 0.3 is 6.09 Å². The number of nitrogens with zero attached hydrogens (tertiary/aromatic N) is 2. The molecule has 0 radical (unpaired) electrons. The summed E-state index contributed by atoms with van der Waals surface area (Å²) in [6.45, 7) is 9.42. The fraction of sp³-hybridized carbons (Fsp3) is 0.435. The van der Waals surface area contributed by atoms with E-state index >= 15 is 0 Å². The van der Waals surface area contributed by atoms with E-state index < -0.39 is 5.60 Å². The number of piperazine rings is 1. The normalized spacial score (nSPS) is 14.6. The Labute approximate surface area is 183 Å². The van der Waals surface area contributed by atoms with Gasteiger partial charge in [0.05, 0.1) is 0 Å². The first kappa shape index (κ1) is 22.2. The first-order valence-electron chi connectivity index (χ1n) is 10.3. The van der Waals surface area contributed by atoms with Crippen LogP contribution >= 0.6 is 11.6 Å². The summed E-state index contributed by atoms with van der Waals surface area (Å²) in [6, 6.07) is 14.0. The summed E-state index contributed by atoms with van der Waals surface area (Å²) < 4.78 is 5.49. The fourth-order valence-corrected chi connectivity index (χ4v) is 3.74. The minimum atomic E-state index is -0.484. The van der Waals surface area contributed by atoms with E-state index in [-0.39, 0.29) is 6.09 Å². The van der Waals surface area contributed by atoms with Crippen LogP contribution < -0.4 is 16.0 Å². The van der Waals surface area contributed by atoms with Gasteiger partial charge in [-0.25, -0.2) is 4.79 Å². The molecule has 6 nitrogen and oxygen atoms in total. The molecule has 1 aliphatic rings. The van der Waals surface area contributed by atoms with Crippen molar-refractivity contribution in [3.05, 3.63) is 58.6 Å². The molecular weight excluding hydrogens is 400 g/mol. The molecule has 2 aromatic rings. The van der Waals surface area contributed by atoms with Crippen LogP contribution in [0.2, 0.25) is 5.02 Å². The summed E-state index contributed by atoms with van der Waals surface area (Å²) in [6.07, 6.45) is -0.253. The van der Waals surface area contributed by atoms with E-state index in [0.717, 1.165) is 40.6 Å². The average Bonchev–Trinajstić information content (AvgIpc) is 2.71. The lowest BCUT2D eigenvalue weighted by Crippen LogP contribution is -2.50. The Hall–Kier alpha value is -2.44. The van der Waals surface area contributed by atoms with Crippen LogP contribution in [0.4, 0.5) is 16.2 Å². The summed E-state index contributed by atoms with van der Waals surface area (Å²) in [5.41, 5.74) is 9.85. The Bertz CT molecular complexity index is 874. The number of rotatable bonds is 5. The van der Waals surface area contributed by atoms with Gasteiger partial charge in [0.25, 0.3) is 0 Å². The van der Waals surface area contributed by atoms with Crippen LogP contribution in [0.25, 0.3) is 0 Å². The van der Waals surface area contributed by atoms with Gasteiger partial charge in [0.2, 0.25) is 0 Å². The van der Waals surface area contributed by atoms with Gasteiger partial charge in [0.15, 0.2) is 0 Å². The summed E-state index contributed by atoms with van der Waals surface area (Å²) in [5, 5.41) is 4.22. The van der Waals surface area contributed by atoms with E-state index in [1.54, 1.807) is 4.90 Å². The zero-order valence-electron chi connectivity index (χ0n) is 18.0. The number of nitrogens with two attached hydrogens (primary N) is 1.